The van der Waals surface area contributed by atoms with Crippen molar-refractivity contribution in [3.05, 3.63) is 35.9 Å². The molecule has 1 N–H and O–H groups in total. The average molecular weight is 329 g/mol. The molecule has 0 aliphatic heterocycles. The van der Waals surface area contributed by atoms with E-state index in [2.05, 4.69) is 29.6 Å². The second-order valence-electron chi connectivity index (χ2n) is 5.37. The van der Waals surface area contributed by atoms with Crippen molar-refractivity contribution < 1.29 is 9.53 Å². The second kappa shape index (κ2) is 12.4. The van der Waals surface area contributed by atoms with Gasteiger partial charge in [0.1, 0.15) is 0 Å². The number of benzene rings is 1. The van der Waals surface area contributed by atoms with Gasteiger partial charge in [0.15, 0.2) is 0 Å². The van der Waals surface area contributed by atoms with Crippen LogP contribution in [0.15, 0.2) is 30.3 Å². The molecule has 0 aliphatic carbocycles. The van der Waals surface area contributed by atoms with Crippen molar-refractivity contribution in [2.24, 2.45) is 5.92 Å². The highest BCUT2D eigenvalue weighted by molar-refractivity contribution is 5.85. The number of hydrogen-bond donors (Lipinski definition) is 1. The number of hydrogen-bond acceptors (Lipinski definition) is 3. The molecule has 0 spiro atoms. The van der Waals surface area contributed by atoms with Crippen LogP contribution in [0.1, 0.15) is 18.9 Å². The van der Waals surface area contributed by atoms with Gasteiger partial charge >= 0.3 is 0 Å². The number of aryl methyl sites for hydroxylation is 1. The first-order valence-electron chi connectivity index (χ1n) is 7.65. The lowest BCUT2D eigenvalue weighted by Gasteiger charge is -2.25. The fourth-order valence-corrected chi connectivity index (χ4v) is 2.36. The Labute approximate surface area is 140 Å². The summed E-state index contributed by atoms with van der Waals surface area (Å²) in [5.41, 5.74) is 1.32. The summed E-state index contributed by atoms with van der Waals surface area (Å²) in [6.45, 7) is 4.71. The van der Waals surface area contributed by atoms with Gasteiger partial charge in [0.2, 0.25) is 5.91 Å². The lowest BCUT2D eigenvalue weighted by Crippen LogP contribution is -2.41. The van der Waals surface area contributed by atoms with Gasteiger partial charge in [0, 0.05) is 32.7 Å². The molecular weight excluding hydrogens is 300 g/mol. The third kappa shape index (κ3) is 7.78. The van der Waals surface area contributed by atoms with E-state index in [0.717, 1.165) is 19.4 Å². The Morgan fingerprint density at radius 3 is 2.55 bits per heavy atom. The number of amides is 1. The number of ether oxygens (including phenoxy) is 1. The smallest absolute Gasteiger partial charge is 0.226 e. The molecule has 4 nitrogen and oxygen atoms in total. The number of nitrogens with zero attached hydrogens (tertiary/aromatic N) is 1. The molecule has 126 valence electrons. The number of methoxy groups -OCH3 is 1. The minimum absolute atomic E-state index is 0. The van der Waals surface area contributed by atoms with Crippen molar-refractivity contribution >= 4 is 18.3 Å². The van der Waals surface area contributed by atoms with E-state index in [9.17, 15) is 4.79 Å². The summed E-state index contributed by atoms with van der Waals surface area (Å²) < 4.78 is 5.12. The summed E-state index contributed by atoms with van der Waals surface area (Å²) in [5.74, 6) is 0.207. The Bertz CT molecular complexity index is 401. The van der Waals surface area contributed by atoms with Crippen LogP contribution in [-0.2, 0) is 16.0 Å². The Kier molecular flexibility index (Phi) is 11.8. The molecule has 1 unspecified atom stereocenters. The van der Waals surface area contributed by atoms with Crippen LogP contribution >= 0.6 is 12.4 Å². The normalized spacial score (nSPS) is 11.6. The standard InChI is InChI=1S/C17H28N2O2.ClH/c1-15(14-18-2)17(20)19(12-13-21-3)11-7-10-16-8-5-4-6-9-16;/h4-6,8-9,15,18H,7,10-14H2,1-3H3;1H. The van der Waals surface area contributed by atoms with Crippen LogP contribution < -0.4 is 5.32 Å². The monoisotopic (exact) mass is 328 g/mol. The Hall–Kier alpha value is -1.10. The molecule has 1 amide bonds. The third-order valence-corrected chi connectivity index (χ3v) is 3.55. The van der Waals surface area contributed by atoms with Crippen molar-refractivity contribution in [1.82, 2.24) is 10.2 Å². The van der Waals surface area contributed by atoms with Crippen molar-refractivity contribution in [3.63, 3.8) is 0 Å². The zero-order chi connectivity index (χ0) is 15.5. The van der Waals surface area contributed by atoms with Crippen molar-refractivity contribution in [2.75, 3.05) is 40.4 Å². The lowest BCUT2D eigenvalue weighted by atomic mass is 10.1. The molecule has 0 radical (unpaired) electrons. The zero-order valence-corrected chi connectivity index (χ0v) is 14.7. The largest absolute Gasteiger partial charge is 0.383 e. The molecular formula is C17H29ClN2O2. The molecule has 0 aliphatic rings. The maximum atomic E-state index is 12.4. The van der Waals surface area contributed by atoms with Gasteiger partial charge in [-0.3, -0.25) is 4.79 Å². The molecule has 1 aromatic rings. The van der Waals surface area contributed by atoms with Gasteiger partial charge in [-0.15, -0.1) is 12.4 Å². The molecule has 0 aromatic heterocycles. The van der Waals surface area contributed by atoms with E-state index in [1.165, 1.54) is 5.56 Å². The van der Waals surface area contributed by atoms with E-state index in [-0.39, 0.29) is 24.2 Å². The minimum Gasteiger partial charge on any atom is -0.383 e. The van der Waals surface area contributed by atoms with Gasteiger partial charge in [-0.2, -0.15) is 0 Å². The molecule has 0 saturated heterocycles. The molecule has 1 aromatic carbocycles. The average Bonchev–Trinajstić information content (AvgIpc) is 2.51. The first kappa shape index (κ1) is 20.9. The van der Waals surface area contributed by atoms with Gasteiger partial charge < -0.3 is 15.0 Å². The minimum atomic E-state index is 0. The van der Waals surface area contributed by atoms with Crippen molar-refractivity contribution in [1.29, 1.82) is 0 Å². The quantitative estimate of drug-likeness (QED) is 0.717. The summed E-state index contributed by atoms with van der Waals surface area (Å²) in [7, 11) is 3.54. The van der Waals surface area contributed by atoms with Crippen molar-refractivity contribution in [3.8, 4) is 0 Å². The summed E-state index contributed by atoms with van der Waals surface area (Å²) in [5, 5.41) is 3.06. The lowest BCUT2D eigenvalue weighted by molar-refractivity contribution is -0.135. The fraction of sp³-hybridized carbons (Fsp3) is 0.588. The molecule has 1 atom stereocenters. The highest BCUT2D eigenvalue weighted by atomic mass is 35.5. The predicted molar refractivity (Wildman–Crippen MR) is 93.6 cm³/mol. The SMILES string of the molecule is CNCC(C)C(=O)N(CCCc1ccccc1)CCOC.Cl. The third-order valence-electron chi connectivity index (χ3n) is 3.55. The summed E-state index contributed by atoms with van der Waals surface area (Å²) in [6.07, 6.45) is 1.98. The predicted octanol–water partition coefficient (Wildman–Crippen LogP) is 2.37. The maximum Gasteiger partial charge on any atom is 0.226 e. The number of rotatable bonds is 10. The van der Waals surface area contributed by atoms with Gasteiger partial charge in [-0.1, -0.05) is 37.3 Å². The molecule has 5 heteroatoms. The van der Waals surface area contributed by atoms with E-state index in [1.807, 2.05) is 24.9 Å². The van der Waals surface area contributed by atoms with Crippen LogP contribution in [0.5, 0.6) is 0 Å². The molecule has 0 heterocycles. The Balaban J connectivity index is 0.00000441. The van der Waals surface area contributed by atoms with Crippen LogP contribution in [0.25, 0.3) is 0 Å². The van der Waals surface area contributed by atoms with Crippen LogP contribution in [0.4, 0.5) is 0 Å². The molecule has 22 heavy (non-hydrogen) atoms. The van der Waals surface area contributed by atoms with Gasteiger partial charge in [-0.05, 0) is 25.5 Å². The molecule has 1 rings (SSSR count). The summed E-state index contributed by atoms with van der Waals surface area (Å²) >= 11 is 0. The van der Waals surface area contributed by atoms with E-state index in [1.54, 1.807) is 7.11 Å². The Morgan fingerprint density at radius 2 is 1.95 bits per heavy atom. The van der Waals surface area contributed by atoms with Crippen LogP contribution in [0.2, 0.25) is 0 Å². The first-order chi connectivity index (χ1) is 10.2. The van der Waals surface area contributed by atoms with Crippen LogP contribution in [-0.4, -0.2) is 51.2 Å². The maximum absolute atomic E-state index is 12.4. The van der Waals surface area contributed by atoms with Gasteiger partial charge in [-0.25, -0.2) is 0 Å². The highest BCUT2D eigenvalue weighted by Crippen LogP contribution is 2.07. The van der Waals surface area contributed by atoms with E-state index in [0.29, 0.717) is 19.7 Å². The number of halogens is 1. The Morgan fingerprint density at radius 1 is 1.27 bits per heavy atom. The highest BCUT2D eigenvalue weighted by Gasteiger charge is 2.19. The van der Waals surface area contributed by atoms with Crippen molar-refractivity contribution in [2.45, 2.75) is 19.8 Å². The first-order valence-corrected chi connectivity index (χ1v) is 7.65. The fourth-order valence-electron chi connectivity index (χ4n) is 2.36. The van der Waals surface area contributed by atoms with E-state index >= 15 is 0 Å². The summed E-state index contributed by atoms with van der Waals surface area (Å²) in [6, 6.07) is 10.4. The van der Waals surface area contributed by atoms with Crippen LogP contribution in [0, 0.1) is 5.92 Å². The molecule has 0 saturated carbocycles. The number of nitrogens with one attached hydrogen (secondary N) is 1. The molecule has 0 bridgehead atoms. The van der Waals surface area contributed by atoms with Gasteiger partial charge in [0.25, 0.3) is 0 Å². The van der Waals surface area contributed by atoms with Crippen LogP contribution in [0.3, 0.4) is 0 Å². The number of carbonyl (C=O) groups is 1. The molecule has 0 fully saturated rings. The van der Waals surface area contributed by atoms with E-state index < -0.39 is 0 Å². The topological polar surface area (TPSA) is 41.6 Å². The number of carbonyl (C=O) groups excluding carboxylic acids is 1. The second-order valence-corrected chi connectivity index (χ2v) is 5.37. The zero-order valence-electron chi connectivity index (χ0n) is 13.9. The van der Waals surface area contributed by atoms with E-state index in [4.69, 9.17) is 4.74 Å². The summed E-state index contributed by atoms with van der Waals surface area (Å²) in [4.78, 5) is 14.3. The van der Waals surface area contributed by atoms with Gasteiger partial charge in [0.05, 0.1) is 6.61 Å².